The Morgan fingerprint density at radius 3 is 2.61 bits per heavy atom. The third-order valence-electron chi connectivity index (χ3n) is 4.74. The van der Waals surface area contributed by atoms with Crippen LogP contribution in [0.1, 0.15) is 50.3 Å². The fourth-order valence-corrected chi connectivity index (χ4v) is 3.65. The summed E-state index contributed by atoms with van der Waals surface area (Å²) in [6.45, 7) is 4.65. The zero-order valence-electron chi connectivity index (χ0n) is 16.2. The molecule has 1 atom stereocenters. The molecule has 2 aromatic carbocycles. The number of halogens is 1. The van der Waals surface area contributed by atoms with Crippen LogP contribution in [0, 0.1) is 0 Å². The van der Waals surface area contributed by atoms with Crippen molar-refractivity contribution in [2.75, 3.05) is 11.5 Å². The van der Waals surface area contributed by atoms with Gasteiger partial charge < -0.3 is 15.0 Å². The van der Waals surface area contributed by atoms with Gasteiger partial charge in [-0.25, -0.2) is 0 Å². The van der Waals surface area contributed by atoms with Crippen molar-refractivity contribution in [1.29, 1.82) is 0 Å². The van der Waals surface area contributed by atoms with E-state index in [1.165, 1.54) is 6.92 Å². The number of nitrogens with one attached hydrogen (secondary N) is 1. The van der Waals surface area contributed by atoms with Crippen molar-refractivity contribution in [2.24, 2.45) is 0 Å². The standard InChI is InChI=1S/C22H25ClN2O3/c1-3-4-5-13-28-17-11-9-16(10-12-17)14-25-21-18(7-6-8-19(21)23)20(22(25)27)24-15(2)26/h6-12,20H,3-5,13-14H2,1-2H3,(H,24,26). The summed E-state index contributed by atoms with van der Waals surface area (Å²) < 4.78 is 5.74. The number of anilines is 1. The summed E-state index contributed by atoms with van der Waals surface area (Å²) in [5.74, 6) is 0.385. The van der Waals surface area contributed by atoms with Gasteiger partial charge in [0.05, 0.1) is 23.9 Å². The van der Waals surface area contributed by atoms with Gasteiger partial charge in [0, 0.05) is 12.5 Å². The quantitative estimate of drug-likeness (QED) is 0.657. The van der Waals surface area contributed by atoms with Crippen LogP contribution >= 0.6 is 11.6 Å². The van der Waals surface area contributed by atoms with Crippen LogP contribution in [0.5, 0.6) is 5.75 Å². The molecular formula is C22H25ClN2O3. The molecule has 1 aliphatic rings. The molecule has 5 nitrogen and oxygen atoms in total. The molecule has 0 fully saturated rings. The van der Waals surface area contributed by atoms with E-state index >= 15 is 0 Å². The molecule has 1 unspecified atom stereocenters. The third-order valence-corrected chi connectivity index (χ3v) is 5.05. The normalized spacial score (nSPS) is 15.5. The van der Waals surface area contributed by atoms with Crippen molar-refractivity contribution >= 4 is 29.1 Å². The lowest BCUT2D eigenvalue weighted by Gasteiger charge is -2.19. The Bertz CT molecular complexity index is 851. The lowest BCUT2D eigenvalue weighted by molar-refractivity contribution is -0.126. The van der Waals surface area contributed by atoms with Gasteiger partial charge in [-0.2, -0.15) is 0 Å². The van der Waals surface area contributed by atoms with Crippen LogP contribution in [0.15, 0.2) is 42.5 Å². The minimum atomic E-state index is -0.702. The van der Waals surface area contributed by atoms with Gasteiger partial charge in [-0.15, -0.1) is 0 Å². The van der Waals surface area contributed by atoms with Crippen LogP contribution in [-0.4, -0.2) is 18.4 Å². The van der Waals surface area contributed by atoms with E-state index in [1.54, 1.807) is 17.0 Å². The highest BCUT2D eigenvalue weighted by molar-refractivity contribution is 6.34. The molecule has 0 saturated heterocycles. The molecule has 148 valence electrons. The van der Waals surface area contributed by atoms with E-state index in [9.17, 15) is 9.59 Å². The molecule has 0 aliphatic carbocycles. The number of amides is 2. The summed E-state index contributed by atoms with van der Waals surface area (Å²) in [4.78, 5) is 26.1. The van der Waals surface area contributed by atoms with Crippen LogP contribution in [0.25, 0.3) is 0 Å². The number of nitrogens with zero attached hydrogens (tertiary/aromatic N) is 1. The fourth-order valence-electron chi connectivity index (χ4n) is 3.36. The van der Waals surface area contributed by atoms with E-state index in [-0.39, 0.29) is 11.8 Å². The van der Waals surface area contributed by atoms with E-state index < -0.39 is 6.04 Å². The number of hydrogen-bond acceptors (Lipinski definition) is 3. The second kappa shape index (κ2) is 9.11. The van der Waals surface area contributed by atoms with Gasteiger partial charge >= 0.3 is 0 Å². The molecule has 2 amide bonds. The van der Waals surface area contributed by atoms with E-state index in [1.807, 2.05) is 30.3 Å². The molecule has 6 heteroatoms. The number of fused-ring (bicyclic) bond motifs is 1. The summed E-state index contributed by atoms with van der Waals surface area (Å²) in [5.41, 5.74) is 2.35. The smallest absolute Gasteiger partial charge is 0.254 e. The summed E-state index contributed by atoms with van der Waals surface area (Å²) in [7, 11) is 0. The summed E-state index contributed by atoms with van der Waals surface area (Å²) in [6, 6.07) is 12.4. The van der Waals surface area contributed by atoms with Crippen LogP contribution < -0.4 is 15.0 Å². The minimum Gasteiger partial charge on any atom is -0.494 e. The molecule has 2 aromatic rings. The maximum absolute atomic E-state index is 13.0. The van der Waals surface area contributed by atoms with Gasteiger partial charge in [0.2, 0.25) is 5.91 Å². The number of hydrogen-bond donors (Lipinski definition) is 1. The molecule has 1 aliphatic heterocycles. The molecule has 1 heterocycles. The predicted octanol–water partition coefficient (Wildman–Crippen LogP) is 4.63. The van der Waals surface area contributed by atoms with Gasteiger partial charge in [-0.05, 0) is 30.2 Å². The fraction of sp³-hybridized carbons (Fsp3) is 0.364. The zero-order chi connectivity index (χ0) is 20.1. The zero-order valence-corrected chi connectivity index (χ0v) is 17.0. The van der Waals surface area contributed by atoms with Crippen molar-refractivity contribution in [3.63, 3.8) is 0 Å². The number of benzene rings is 2. The number of ether oxygens (including phenoxy) is 1. The van der Waals surface area contributed by atoms with Gasteiger partial charge in [-0.3, -0.25) is 9.59 Å². The summed E-state index contributed by atoms with van der Waals surface area (Å²) in [5, 5.41) is 3.22. The van der Waals surface area contributed by atoms with E-state index in [0.717, 1.165) is 36.1 Å². The molecule has 0 aromatic heterocycles. The number of carbonyl (C=O) groups is 2. The Kier molecular flexibility index (Phi) is 6.57. The second-order valence-corrected chi connectivity index (χ2v) is 7.34. The van der Waals surface area contributed by atoms with Crippen molar-refractivity contribution in [3.8, 4) is 5.75 Å². The van der Waals surface area contributed by atoms with Gasteiger partial charge in [0.15, 0.2) is 0 Å². The topological polar surface area (TPSA) is 58.6 Å². The Labute approximate surface area is 170 Å². The lowest BCUT2D eigenvalue weighted by atomic mass is 10.1. The van der Waals surface area contributed by atoms with Gasteiger partial charge in [0.1, 0.15) is 11.8 Å². The Morgan fingerprint density at radius 2 is 1.93 bits per heavy atom. The highest BCUT2D eigenvalue weighted by atomic mass is 35.5. The second-order valence-electron chi connectivity index (χ2n) is 6.94. The molecular weight excluding hydrogens is 376 g/mol. The Balaban J connectivity index is 1.75. The average Bonchev–Trinajstić information content (AvgIpc) is 2.93. The summed E-state index contributed by atoms with van der Waals surface area (Å²) >= 11 is 6.38. The van der Waals surface area contributed by atoms with E-state index in [0.29, 0.717) is 23.9 Å². The van der Waals surface area contributed by atoms with Crippen LogP contribution in [0.4, 0.5) is 5.69 Å². The molecule has 3 rings (SSSR count). The lowest BCUT2D eigenvalue weighted by Crippen LogP contribution is -2.36. The van der Waals surface area contributed by atoms with Crippen LogP contribution in [-0.2, 0) is 16.1 Å². The maximum Gasteiger partial charge on any atom is 0.254 e. The van der Waals surface area contributed by atoms with Crippen molar-refractivity contribution < 1.29 is 14.3 Å². The number of rotatable bonds is 8. The van der Waals surface area contributed by atoms with Crippen LogP contribution in [0.3, 0.4) is 0 Å². The van der Waals surface area contributed by atoms with E-state index in [4.69, 9.17) is 16.3 Å². The molecule has 0 spiro atoms. The first-order chi connectivity index (χ1) is 13.5. The monoisotopic (exact) mass is 400 g/mol. The third kappa shape index (κ3) is 4.47. The maximum atomic E-state index is 13.0. The van der Waals surface area contributed by atoms with Crippen molar-refractivity contribution in [2.45, 2.75) is 45.7 Å². The Hall–Kier alpha value is -2.53. The number of carbonyl (C=O) groups excluding carboxylic acids is 2. The highest BCUT2D eigenvalue weighted by Crippen LogP contribution is 2.41. The SMILES string of the molecule is CCCCCOc1ccc(CN2C(=O)C(NC(C)=O)c3cccc(Cl)c32)cc1. The average molecular weight is 401 g/mol. The van der Waals surface area contributed by atoms with Gasteiger partial charge in [0.25, 0.3) is 5.91 Å². The first-order valence-electron chi connectivity index (χ1n) is 9.60. The van der Waals surface area contributed by atoms with Crippen molar-refractivity contribution in [1.82, 2.24) is 5.32 Å². The number of unbranched alkanes of at least 4 members (excludes halogenated alkanes) is 2. The molecule has 0 radical (unpaired) electrons. The molecule has 0 saturated carbocycles. The molecule has 1 N–H and O–H groups in total. The molecule has 28 heavy (non-hydrogen) atoms. The van der Waals surface area contributed by atoms with Crippen LogP contribution in [0.2, 0.25) is 5.02 Å². The first-order valence-corrected chi connectivity index (χ1v) is 9.97. The van der Waals surface area contributed by atoms with Crippen molar-refractivity contribution in [3.05, 3.63) is 58.6 Å². The first kappa shape index (κ1) is 20.2. The largest absolute Gasteiger partial charge is 0.494 e. The molecule has 0 bridgehead atoms. The number of para-hydroxylation sites is 1. The predicted molar refractivity (Wildman–Crippen MR) is 111 cm³/mol. The minimum absolute atomic E-state index is 0.182. The Morgan fingerprint density at radius 1 is 1.18 bits per heavy atom. The highest BCUT2D eigenvalue weighted by Gasteiger charge is 2.39. The summed E-state index contributed by atoms with van der Waals surface area (Å²) in [6.07, 6.45) is 3.36. The van der Waals surface area contributed by atoms with Gasteiger partial charge in [-0.1, -0.05) is 55.6 Å². The van der Waals surface area contributed by atoms with E-state index in [2.05, 4.69) is 12.2 Å².